The third-order valence-corrected chi connectivity index (χ3v) is 2.50. The van der Waals surface area contributed by atoms with E-state index in [-0.39, 0.29) is 0 Å². The van der Waals surface area contributed by atoms with E-state index in [4.69, 9.17) is 0 Å². The number of nitrogens with one attached hydrogen (secondary N) is 1. The summed E-state index contributed by atoms with van der Waals surface area (Å²) in [5.74, 6) is 0. The number of hydrogen-bond donors (Lipinski definition) is 1. The largest absolute Gasteiger partial charge is 0.331 e. The molecule has 0 atom stereocenters. The van der Waals surface area contributed by atoms with Crippen molar-refractivity contribution in [3.63, 3.8) is 0 Å². The Balaban J connectivity index is 1.96. The Kier molecular flexibility index (Phi) is 4.27. The molecule has 2 heterocycles. The minimum Gasteiger partial charge on any atom is -0.331 e. The van der Waals surface area contributed by atoms with Crippen LogP contribution in [-0.2, 0) is 13.1 Å². The standard InChI is InChI=1S/C13H18N4/c1-2-6-14-9-12-4-3-5-13(16-12)10-17-8-7-15-11-17/h3-5,7-8,11,14H,2,6,9-10H2,1H3. The van der Waals surface area contributed by atoms with Crippen LogP contribution in [0.2, 0.25) is 0 Å². The lowest BCUT2D eigenvalue weighted by atomic mass is 10.3. The van der Waals surface area contributed by atoms with Gasteiger partial charge in [-0.05, 0) is 25.1 Å². The molecule has 0 amide bonds. The summed E-state index contributed by atoms with van der Waals surface area (Å²) in [4.78, 5) is 8.63. The maximum absolute atomic E-state index is 4.61. The Morgan fingerprint density at radius 1 is 1.29 bits per heavy atom. The summed E-state index contributed by atoms with van der Waals surface area (Å²) in [6.45, 7) is 4.82. The lowest BCUT2D eigenvalue weighted by molar-refractivity contribution is 0.658. The second-order valence-corrected chi connectivity index (χ2v) is 4.03. The summed E-state index contributed by atoms with van der Waals surface area (Å²) in [5, 5.41) is 3.36. The molecule has 2 rings (SSSR count). The van der Waals surface area contributed by atoms with Crippen molar-refractivity contribution in [2.24, 2.45) is 0 Å². The maximum Gasteiger partial charge on any atom is 0.0949 e. The summed E-state index contributed by atoms with van der Waals surface area (Å²) < 4.78 is 2.02. The van der Waals surface area contributed by atoms with Gasteiger partial charge in [0.15, 0.2) is 0 Å². The summed E-state index contributed by atoms with van der Waals surface area (Å²) >= 11 is 0. The van der Waals surface area contributed by atoms with Crippen molar-refractivity contribution in [2.75, 3.05) is 6.54 Å². The zero-order valence-corrected chi connectivity index (χ0v) is 10.1. The van der Waals surface area contributed by atoms with E-state index >= 15 is 0 Å². The van der Waals surface area contributed by atoms with Gasteiger partial charge in [0.05, 0.1) is 24.3 Å². The van der Waals surface area contributed by atoms with E-state index < -0.39 is 0 Å². The van der Waals surface area contributed by atoms with Crippen LogP contribution in [0.3, 0.4) is 0 Å². The fourth-order valence-corrected chi connectivity index (χ4v) is 1.68. The Bertz CT molecular complexity index is 436. The normalized spacial score (nSPS) is 10.6. The first kappa shape index (κ1) is 11.8. The molecule has 0 aliphatic rings. The molecule has 0 spiro atoms. The van der Waals surface area contributed by atoms with Crippen LogP contribution in [0.1, 0.15) is 24.7 Å². The molecule has 90 valence electrons. The van der Waals surface area contributed by atoms with Crippen LogP contribution in [0, 0.1) is 0 Å². The zero-order chi connectivity index (χ0) is 11.9. The third kappa shape index (κ3) is 3.67. The molecule has 0 saturated carbocycles. The van der Waals surface area contributed by atoms with Crippen molar-refractivity contribution >= 4 is 0 Å². The van der Waals surface area contributed by atoms with Gasteiger partial charge in [0, 0.05) is 18.9 Å². The molecule has 2 aromatic rings. The van der Waals surface area contributed by atoms with E-state index in [0.29, 0.717) is 0 Å². The van der Waals surface area contributed by atoms with Crippen LogP contribution in [0.5, 0.6) is 0 Å². The van der Waals surface area contributed by atoms with Crippen molar-refractivity contribution in [2.45, 2.75) is 26.4 Å². The molecule has 0 bridgehead atoms. The number of pyridine rings is 1. The first-order valence-electron chi connectivity index (χ1n) is 5.99. The highest BCUT2D eigenvalue weighted by atomic mass is 15.0. The summed E-state index contributed by atoms with van der Waals surface area (Å²) in [6, 6.07) is 6.16. The van der Waals surface area contributed by atoms with Crippen LogP contribution in [0.15, 0.2) is 36.9 Å². The van der Waals surface area contributed by atoms with E-state index in [9.17, 15) is 0 Å². The average Bonchev–Trinajstić information content (AvgIpc) is 2.83. The fraction of sp³-hybridized carbons (Fsp3) is 0.385. The van der Waals surface area contributed by atoms with Gasteiger partial charge in [0.2, 0.25) is 0 Å². The molecule has 0 aliphatic heterocycles. The van der Waals surface area contributed by atoms with Gasteiger partial charge in [-0.3, -0.25) is 4.98 Å². The molecule has 0 fully saturated rings. The van der Waals surface area contributed by atoms with Crippen molar-refractivity contribution < 1.29 is 0 Å². The van der Waals surface area contributed by atoms with E-state index in [1.165, 1.54) is 0 Å². The molecule has 0 saturated heterocycles. The molecule has 4 nitrogen and oxygen atoms in total. The Morgan fingerprint density at radius 3 is 2.94 bits per heavy atom. The quantitative estimate of drug-likeness (QED) is 0.770. The van der Waals surface area contributed by atoms with E-state index in [1.54, 1.807) is 6.20 Å². The second-order valence-electron chi connectivity index (χ2n) is 4.03. The Labute approximate surface area is 102 Å². The molecule has 0 radical (unpaired) electrons. The van der Waals surface area contributed by atoms with Crippen LogP contribution >= 0.6 is 0 Å². The predicted octanol–water partition coefficient (Wildman–Crippen LogP) is 1.83. The van der Waals surface area contributed by atoms with E-state index in [0.717, 1.165) is 37.4 Å². The van der Waals surface area contributed by atoms with Gasteiger partial charge >= 0.3 is 0 Å². The maximum atomic E-state index is 4.61. The van der Waals surface area contributed by atoms with Gasteiger partial charge in [0.1, 0.15) is 0 Å². The molecule has 2 aromatic heterocycles. The van der Waals surface area contributed by atoms with Crippen molar-refractivity contribution in [3.8, 4) is 0 Å². The molecule has 0 aromatic carbocycles. The van der Waals surface area contributed by atoms with Crippen molar-refractivity contribution in [3.05, 3.63) is 48.3 Å². The number of aromatic nitrogens is 3. The summed E-state index contributed by atoms with van der Waals surface area (Å²) in [7, 11) is 0. The lowest BCUT2D eigenvalue weighted by Crippen LogP contribution is -2.15. The van der Waals surface area contributed by atoms with Crippen LogP contribution in [-0.4, -0.2) is 21.1 Å². The highest BCUT2D eigenvalue weighted by Crippen LogP contribution is 2.02. The lowest BCUT2D eigenvalue weighted by Gasteiger charge is -2.06. The van der Waals surface area contributed by atoms with Gasteiger partial charge in [-0.2, -0.15) is 0 Å². The van der Waals surface area contributed by atoms with Crippen LogP contribution < -0.4 is 5.32 Å². The molecule has 0 unspecified atom stereocenters. The molecule has 0 aliphatic carbocycles. The van der Waals surface area contributed by atoms with E-state index in [1.807, 2.05) is 23.2 Å². The van der Waals surface area contributed by atoms with Gasteiger partial charge in [-0.25, -0.2) is 4.98 Å². The first-order chi connectivity index (χ1) is 8.38. The number of hydrogen-bond acceptors (Lipinski definition) is 3. The molecular formula is C13H18N4. The minimum absolute atomic E-state index is 0.779. The Morgan fingerprint density at radius 2 is 2.18 bits per heavy atom. The van der Waals surface area contributed by atoms with Crippen molar-refractivity contribution in [1.82, 2.24) is 19.9 Å². The molecule has 1 N–H and O–H groups in total. The molecular weight excluding hydrogens is 212 g/mol. The summed E-state index contributed by atoms with van der Waals surface area (Å²) in [5.41, 5.74) is 2.16. The zero-order valence-electron chi connectivity index (χ0n) is 10.1. The highest BCUT2D eigenvalue weighted by Gasteiger charge is 1.98. The average molecular weight is 230 g/mol. The SMILES string of the molecule is CCCNCc1cccc(Cn2ccnc2)n1. The first-order valence-corrected chi connectivity index (χ1v) is 5.99. The van der Waals surface area contributed by atoms with Gasteiger partial charge < -0.3 is 9.88 Å². The smallest absolute Gasteiger partial charge is 0.0949 e. The molecule has 4 heteroatoms. The Hall–Kier alpha value is -1.68. The topological polar surface area (TPSA) is 42.7 Å². The number of rotatable bonds is 6. The van der Waals surface area contributed by atoms with Gasteiger partial charge in [-0.1, -0.05) is 13.0 Å². The van der Waals surface area contributed by atoms with Crippen molar-refractivity contribution in [1.29, 1.82) is 0 Å². The van der Waals surface area contributed by atoms with Crippen LogP contribution in [0.25, 0.3) is 0 Å². The monoisotopic (exact) mass is 230 g/mol. The van der Waals surface area contributed by atoms with Crippen LogP contribution in [0.4, 0.5) is 0 Å². The third-order valence-electron chi connectivity index (χ3n) is 2.50. The predicted molar refractivity (Wildman–Crippen MR) is 67.6 cm³/mol. The molecule has 17 heavy (non-hydrogen) atoms. The highest BCUT2D eigenvalue weighted by molar-refractivity contribution is 5.11. The fourth-order valence-electron chi connectivity index (χ4n) is 1.68. The second kappa shape index (κ2) is 6.15. The van der Waals surface area contributed by atoms with Gasteiger partial charge in [-0.15, -0.1) is 0 Å². The minimum atomic E-state index is 0.779. The van der Waals surface area contributed by atoms with E-state index in [2.05, 4.69) is 34.3 Å². The summed E-state index contributed by atoms with van der Waals surface area (Å²) in [6.07, 6.45) is 6.69. The number of imidazole rings is 1. The van der Waals surface area contributed by atoms with Gasteiger partial charge in [0.25, 0.3) is 0 Å². The number of nitrogens with zero attached hydrogens (tertiary/aromatic N) is 3.